The number of pyridine rings is 1. The van der Waals surface area contributed by atoms with Crippen molar-refractivity contribution in [3.8, 4) is 0 Å². The number of amidine groups is 1. The molecule has 4 rings (SSSR count). The predicted octanol–water partition coefficient (Wildman–Crippen LogP) is 2.88. The lowest BCUT2D eigenvalue weighted by molar-refractivity contribution is 0.0524. The fourth-order valence-corrected chi connectivity index (χ4v) is 4.27. The van der Waals surface area contributed by atoms with Crippen molar-refractivity contribution in [3.63, 3.8) is 0 Å². The van der Waals surface area contributed by atoms with Crippen LogP contribution in [-0.4, -0.2) is 66.5 Å². The fourth-order valence-electron chi connectivity index (χ4n) is 4.22. The molecule has 2 aliphatic rings. The Kier molecular flexibility index (Phi) is 6.71. The Balaban J connectivity index is 1.90. The molecule has 2 N–H and O–H groups in total. The number of fused-ring (bicyclic) bond motifs is 1. The molecule has 1 aromatic heterocycles. The van der Waals surface area contributed by atoms with E-state index in [1.165, 1.54) is 0 Å². The Morgan fingerprint density at radius 3 is 2.53 bits per heavy atom. The maximum Gasteiger partial charge on any atom is 0.343 e. The van der Waals surface area contributed by atoms with Gasteiger partial charge in [-0.3, -0.25) is 4.79 Å². The number of aromatic nitrogens is 1. The predicted molar refractivity (Wildman–Crippen MR) is 129 cm³/mol. The van der Waals surface area contributed by atoms with Crippen LogP contribution in [0.25, 0.3) is 10.9 Å². The van der Waals surface area contributed by atoms with E-state index in [-0.39, 0.29) is 35.4 Å². The van der Waals surface area contributed by atoms with Gasteiger partial charge in [-0.1, -0.05) is 6.92 Å². The van der Waals surface area contributed by atoms with E-state index in [4.69, 9.17) is 22.1 Å². The summed E-state index contributed by atoms with van der Waals surface area (Å²) in [6, 6.07) is 4.05. The largest absolute Gasteiger partial charge is 0.462 e. The molecule has 2 heterocycles. The molecule has 1 aliphatic carbocycles. The van der Waals surface area contributed by atoms with Crippen LogP contribution in [0.4, 0.5) is 11.4 Å². The number of ether oxygens (including phenoxy) is 1. The molecule has 1 saturated carbocycles. The number of rotatable bonds is 7. The second-order valence-electron chi connectivity index (χ2n) is 8.25. The summed E-state index contributed by atoms with van der Waals surface area (Å²) in [5.74, 6) is -0.224. The highest BCUT2D eigenvalue weighted by molar-refractivity contribution is 6.28. The normalized spacial score (nSPS) is 17.7. The molecular formula is C23H30ClN5O3. The molecule has 0 spiro atoms. The van der Waals surface area contributed by atoms with Crippen LogP contribution in [0.15, 0.2) is 28.1 Å². The maximum atomic E-state index is 13.3. The van der Waals surface area contributed by atoms with Gasteiger partial charge in [-0.25, -0.2) is 9.79 Å². The van der Waals surface area contributed by atoms with Crippen LogP contribution in [0, 0.1) is 0 Å². The van der Waals surface area contributed by atoms with Crippen LogP contribution in [0.2, 0.25) is 0 Å². The number of aliphatic imine (C=N–C) groups is 1. The van der Waals surface area contributed by atoms with Crippen LogP contribution >= 0.6 is 11.6 Å². The summed E-state index contributed by atoms with van der Waals surface area (Å²) in [6.07, 6.45) is 3.70. The summed E-state index contributed by atoms with van der Waals surface area (Å²) in [5.41, 5.74) is 8.01. The standard InChI is InChI=1S/C23H30ClN5O3/c1-3-27-7-9-28(10-8-27)20-12-19-16(11-18(20)26-21(25)13-24)22(30)17(23(31)32-4-2)14-29(19)15-5-6-15/h11-12,14-15H,3-10,13H2,1-2H3,(H2,25,26). The summed E-state index contributed by atoms with van der Waals surface area (Å²) in [5, 5.41) is 0.444. The van der Waals surface area contributed by atoms with Crippen LogP contribution < -0.4 is 16.1 Å². The molecule has 1 aromatic carbocycles. The van der Waals surface area contributed by atoms with Crippen LogP contribution in [0.1, 0.15) is 43.1 Å². The summed E-state index contributed by atoms with van der Waals surface area (Å²) in [7, 11) is 0. The number of likely N-dealkylation sites (N-methyl/N-ethyl adjacent to an activating group) is 1. The molecule has 2 aromatic rings. The molecule has 2 fully saturated rings. The Labute approximate surface area is 192 Å². The minimum absolute atomic E-state index is 0.0517. The lowest BCUT2D eigenvalue weighted by Gasteiger charge is -2.36. The van der Waals surface area contributed by atoms with E-state index in [0.29, 0.717) is 11.1 Å². The van der Waals surface area contributed by atoms with Gasteiger partial charge in [0.1, 0.15) is 11.4 Å². The van der Waals surface area contributed by atoms with E-state index in [0.717, 1.165) is 56.8 Å². The van der Waals surface area contributed by atoms with E-state index in [1.807, 2.05) is 10.6 Å². The average Bonchev–Trinajstić information content (AvgIpc) is 3.64. The number of carbonyl (C=O) groups is 1. The van der Waals surface area contributed by atoms with Gasteiger partial charge in [-0.15, -0.1) is 11.6 Å². The Bertz CT molecular complexity index is 1100. The SMILES string of the molecule is CCOC(=O)c1cn(C2CC2)c2cc(N3CCN(CC)CC3)c(N=C(N)CCl)cc2c1=O. The molecule has 1 saturated heterocycles. The van der Waals surface area contributed by atoms with Gasteiger partial charge in [0.2, 0.25) is 5.43 Å². The van der Waals surface area contributed by atoms with Gasteiger partial charge in [0, 0.05) is 43.8 Å². The summed E-state index contributed by atoms with van der Waals surface area (Å²) in [6.45, 7) is 8.76. The minimum atomic E-state index is -0.598. The number of hydrogen-bond acceptors (Lipinski definition) is 6. The zero-order chi connectivity index (χ0) is 22.8. The van der Waals surface area contributed by atoms with Crippen LogP contribution in [0.3, 0.4) is 0 Å². The smallest absolute Gasteiger partial charge is 0.343 e. The molecule has 0 atom stereocenters. The summed E-state index contributed by atoms with van der Waals surface area (Å²) >= 11 is 5.90. The van der Waals surface area contributed by atoms with E-state index < -0.39 is 5.97 Å². The van der Waals surface area contributed by atoms with E-state index in [1.54, 1.807) is 19.2 Å². The van der Waals surface area contributed by atoms with Gasteiger partial charge in [-0.2, -0.15) is 0 Å². The number of nitrogens with two attached hydrogens (primary N) is 1. The Hall–Kier alpha value is -2.58. The van der Waals surface area contributed by atoms with Gasteiger partial charge in [0.15, 0.2) is 0 Å². The topological polar surface area (TPSA) is 93.2 Å². The van der Waals surface area contributed by atoms with Crippen molar-refractivity contribution in [1.82, 2.24) is 9.47 Å². The first kappa shape index (κ1) is 22.6. The molecular weight excluding hydrogens is 430 g/mol. The van der Waals surface area contributed by atoms with Gasteiger partial charge in [-0.05, 0) is 38.4 Å². The molecule has 0 unspecified atom stereocenters. The lowest BCUT2D eigenvalue weighted by Crippen LogP contribution is -2.46. The minimum Gasteiger partial charge on any atom is -0.462 e. The van der Waals surface area contributed by atoms with Crippen LogP contribution in [-0.2, 0) is 4.74 Å². The number of hydrogen-bond donors (Lipinski definition) is 1. The third-order valence-corrected chi connectivity index (χ3v) is 6.40. The molecule has 1 aliphatic heterocycles. The first-order chi connectivity index (χ1) is 15.5. The number of esters is 1. The van der Waals surface area contributed by atoms with Crippen molar-refractivity contribution < 1.29 is 9.53 Å². The Morgan fingerprint density at radius 1 is 1.22 bits per heavy atom. The number of alkyl halides is 1. The van der Waals surface area contributed by atoms with E-state index in [9.17, 15) is 9.59 Å². The zero-order valence-electron chi connectivity index (χ0n) is 18.6. The van der Waals surface area contributed by atoms with Crippen molar-refractivity contribution in [3.05, 3.63) is 34.1 Å². The molecule has 172 valence electrons. The Morgan fingerprint density at radius 2 is 1.94 bits per heavy atom. The number of piperazine rings is 1. The van der Waals surface area contributed by atoms with Crippen molar-refractivity contribution >= 4 is 45.7 Å². The first-order valence-corrected chi connectivity index (χ1v) is 11.8. The van der Waals surface area contributed by atoms with Gasteiger partial charge < -0.3 is 24.8 Å². The van der Waals surface area contributed by atoms with Gasteiger partial charge in [0.25, 0.3) is 0 Å². The van der Waals surface area contributed by atoms with Crippen LogP contribution in [0.5, 0.6) is 0 Å². The molecule has 8 nitrogen and oxygen atoms in total. The monoisotopic (exact) mass is 459 g/mol. The number of nitrogens with zero attached hydrogens (tertiary/aromatic N) is 4. The quantitative estimate of drug-likeness (QED) is 0.296. The summed E-state index contributed by atoms with van der Waals surface area (Å²) in [4.78, 5) is 35.0. The van der Waals surface area contributed by atoms with E-state index >= 15 is 0 Å². The average molecular weight is 460 g/mol. The third-order valence-electron chi connectivity index (χ3n) is 6.13. The molecule has 0 bridgehead atoms. The second-order valence-corrected chi connectivity index (χ2v) is 8.51. The fraction of sp³-hybridized carbons (Fsp3) is 0.522. The number of halogens is 1. The highest BCUT2D eigenvalue weighted by atomic mass is 35.5. The van der Waals surface area contributed by atoms with E-state index in [2.05, 4.69) is 21.7 Å². The molecule has 32 heavy (non-hydrogen) atoms. The molecule has 0 radical (unpaired) electrons. The first-order valence-electron chi connectivity index (χ1n) is 11.2. The van der Waals surface area contributed by atoms with Gasteiger partial charge in [0.05, 0.1) is 29.4 Å². The lowest BCUT2D eigenvalue weighted by atomic mass is 10.1. The van der Waals surface area contributed by atoms with Gasteiger partial charge >= 0.3 is 5.97 Å². The zero-order valence-corrected chi connectivity index (χ0v) is 19.4. The summed E-state index contributed by atoms with van der Waals surface area (Å²) < 4.78 is 7.18. The highest BCUT2D eigenvalue weighted by Gasteiger charge is 2.28. The second kappa shape index (κ2) is 9.50. The van der Waals surface area contributed by atoms with Crippen molar-refractivity contribution in [2.75, 3.05) is 50.1 Å². The van der Waals surface area contributed by atoms with Crippen molar-refractivity contribution in [2.24, 2.45) is 10.7 Å². The van der Waals surface area contributed by atoms with Crippen molar-refractivity contribution in [2.45, 2.75) is 32.7 Å². The molecule has 9 heteroatoms. The maximum absolute atomic E-state index is 13.3. The van der Waals surface area contributed by atoms with Crippen molar-refractivity contribution in [1.29, 1.82) is 0 Å². The number of anilines is 1. The molecule has 0 amide bonds. The third kappa shape index (κ3) is 4.47. The number of carbonyl (C=O) groups excluding carboxylic acids is 1. The number of benzene rings is 1. The highest BCUT2D eigenvalue weighted by Crippen LogP contribution is 2.40.